The molecule has 0 spiro atoms. The van der Waals surface area contributed by atoms with Crippen molar-refractivity contribution in [2.75, 3.05) is 20.8 Å². The molecule has 1 aromatic heterocycles. The fraction of sp³-hybridized carbons (Fsp3) is 0.429. The van der Waals surface area contributed by atoms with Crippen LogP contribution in [0.3, 0.4) is 0 Å². The Morgan fingerprint density at radius 1 is 1.17 bits per heavy atom. The van der Waals surface area contributed by atoms with Gasteiger partial charge in [0.1, 0.15) is 4.88 Å². The number of aryl methyl sites for hydroxylation is 2. The Kier molecular flexibility index (Phi) is 8.95. The summed E-state index contributed by atoms with van der Waals surface area (Å²) in [6.45, 7) is 1.89. The normalized spacial score (nSPS) is 12.8. The van der Waals surface area contributed by atoms with E-state index in [-0.39, 0.29) is 24.7 Å². The number of rotatable bonds is 11. The monoisotopic (exact) mass is 418 g/mol. The van der Waals surface area contributed by atoms with Crippen LogP contribution in [0.5, 0.6) is 0 Å². The van der Waals surface area contributed by atoms with Gasteiger partial charge in [0, 0.05) is 13.5 Å². The number of Topliss-reactive ketones (excluding diaryl/α,β-unsaturated/α-hetero) is 1. The average molecular weight is 419 g/mol. The highest BCUT2D eigenvalue weighted by atomic mass is 32.1. The Bertz CT molecular complexity index is 821. The quantitative estimate of drug-likeness (QED) is 0.564. The third-order valence-corrected chi connectivity index (χ3v) is 5.37. The molecule has 1 aromatic carbocycles. The van der Waals surface area contributed by atoms with Crippen molar-refractivity contribution in [3.05, 3.63) is 52.0 Å². The molecule has 1 amide bonds. The van der Waals surface area contributed by atoms with Gasteiger partial charge in [0.2, 0.25) is 0 Å². The minimum absolute atomic E-state index is 0.0675. The lowest BCUT2D eigenvalue weighted by atomic mass is 9.95. The van der Waals surface area contributed by atoms with Gasteiger partial charge in [0.25, 0.3) is 5.91 Å². The van der Waals surface area contributed by atoms with Gasteiger partial charge in [-0.3, -0.25) is 14.4 Å². The molecule has 2 atom stereocenters. The SMILES string of the molecule is COC[C@H](CC(=O)[C@H](CCc1ccccc1)NC(=O)c1cnc(C)s1)C(=O)OC. The van der Waals surface area contributed by atoms with Gasteiger partial charge >= 0.3 is 5.97 Å². The molecule has 2 aromatic rings. The standard InChI is InChI=1S/C21H26N2O5S/c1-14-22-12-19(29-14)20(25)23-17(10-9-15-7-5-4-6-8-15)18(24)11-16(13-27-2)21(26)28-3/h4-8,12,16-17H,9-11,13H2,1-3H3,(H,23,25)/t16-,17-/m0/s1. The summed E-state index contributed by atoms with van der Waals surface area (Å²) in [6, 6.07) is 8.99. The summed E-state index contributed by atoms with van der Waals surface area (Å²) in [6.07, 6.45) is 2.47. The second-order valence-electron chi connectivity index (χ2n) is 6.64. The van der Waals surface area contributed by atoms with E-state index in [0.29, 0.717) is 17.7 Å². The second-order valence-corrected chi connectivity index (χ2v) is 7.87. The van der Waals surface area contributed by atoms with E-state index in [0.717, 1.165) is 10.6 Å². The van der Waals surface area contributed by atoms with Crippen LogP contribution in [0.25, 0.3) is 0 Å². The lowest BCUT2D eigenvalue weighted by Crippen LogP contribution is -2.42. The minimum Gasteiger partial charge on any atom is -0.469 e. The van der Waals surface area contributed by atoms with Gasteiger partial charge in [-0.05, 0) is 25.3 Å². The van der Waals surface area contributed by atoms with Gasteiger partial charge in [-0.1, -0.05) is 30.3 Å². The van der Waals surface area contributed by atoms with Crippen molar-refractivity contribution < 1.29 is 23.9 Å². The van der Waals surface area contributed by atoms with Crippen LogP contribution in [-0.2, 0) is 25.5 Å². The number of ketones is 1. The fourth-order valence-corrected chi connectivity index (χ4v) is 3.61. The zero-order chi connectivity index (χ0) is 21.2. The number of thiazole rings is 1. The van der Waals surface area contributed by atoms with Crippen LogP contribution in [0, 0.1) is 12.8 Å². The molecule has 0 fully saturated rings. The maximum absolute atomic E-state index is 13.0. The van der Waals surface area contributed by atoms with Gasteiger partial charge in [-0.2, -0.15) is 0 Å². The number of benzene rings is 1. The Labute approximate surface area is 174 Å². The number of nitrogens with zero attached hydrogens (tertiary/aromatic N) is 1. The number of esters is 1. The molecule has 0 aliphatic rings. The average Bonchev–Trinajstić information content (AvgIpc) is 3.17. The number of hydrogen-bond donors (Lipinski definition) is 1. The van der Waals surface area contributed by atoms with E-state index in [1.165, 1.54) is 31.8 Å². The van der Waals surface area contributed by atoms with Crippen molar-refractivity contribution in [2.24, 2.45) is 5.92 Å². The number of ether oxygens (including phenoxy) is 2. The van der Waals surface area contributed by atoms with Gasteiger partial charge < -0.3 is 14.8 Å². The third kappa shape index (κ3) is 7.07. The van der Waals surface area contributed by atoms with E-state index >= 15 is 0 Å². The van der Waals surface area contributed by atoms with Crippen molar-refractivity contribution >= 4 is 29.0 Å². The highest BCUT2D eigenvalue weighted by Gasteiger charge is 2.28. The maximum Gasteiger partial charge on any atom is 0.311 e. The van der Waals surface area contributed by atoms with Gasteiger partial charge in [-0.15, -0.1) is 11.3 Å². The van der Waals surface area contributed by atoms with Crippen molar-refractivity contribution in [1.82, 2.24) is 10.3 Å². The smallest absolute Gasteiger partial charge is 0.311 e. The van der Waals surface area contributed by atoms with Crippen LogP contribution in [0.4, 0.5) is 0 Å². The van der Waals surface area contributed by atoms with Crippen LogP contribution in [0.2, 0.25) is 0 Å². The zero-order valence-corrected chi connectivity index (χ0v) is 17.7. The molecule has 1 N–H and O–H groups in total. The molecule has 0 saturated heterocycles. The Morgan fingerprint density at radius 3 is 2.48 bits per heavy atom. The van der Waals surface area contributed by atoms with Gasteiger partial charge in [0.15, 0.2) is 5.78 Å². The number of aromatic nitrogens is 1. The van der Waals surface area contributed by atoms with Crippen molar-refractivity contribution in [2.45, 2.75) is 32.2 Å². The summed E-state index contributed by atoms with van der Waals surface area (Å²) in [7, 11) is 2.73. The molecule has 8 heteroatoms. The summed E-state index contributed by atoms with van der Waals surface area (Å²) in [4.78, 5) is 42.0. The first-order valence-electron chi connectivity index (χ1n) is 9.31. The number of methoxy groups -OCH3 is 2. The van der Waals surface area contributed by atoms with E-state index in [9.17, 15) is 14.4 Å². The van der Waals surface area contributed by atoms with Crippen molar-refractivity contribution in [1.29, 1.82) is 0 Å². The van der Waals surface area contributed by atoms with E-state index in [1.807, 2.05) is 37.3 Å². The fourth-order valence-electron chi connectivity index (χ4n) is 2.93. The molecule has 29 heavy (non-hydrogen) atoms. The van der Waals surface area contributed by atoms with E-state index in [2.05, 4.69) is 10.3 Å². The van der Waals surface area contributed by atoms with Crippen molar-refractivity contribution in [3.8, 4) is 0 Å². The summed E-state index contributed by atoms with van der Waals surface area (Å²) in [5, 5.41) is 3.58. The van der Waals surface area contributed by atoms with Crippen LogP contribution >= 0.6 is 11.3 Å². The number of amides is 1. The zero-order valence-electron chi connectivity index (χ0n) is 16.8. The number of carbonyl (C=O) groups excluding carboxylic acids is 3. The molecule has 0 aliphatic carbocycles. The lowest BCUT2D eigenvalue weighted by molar-refractivity contribution is -0.149. The highest BCUT2D eigenvalue weighted by Crippen LogP contribution is 2.15. The van der Waals surface area contributed by atoms with E-state index in [4.69, 9.17) is 9.47 Å². The molecule has 0 radical (unpaired) electrons. The summed E-state index contributed by atoms with van der Waals surface area (Å²) in [5.41, 5.74) is 1.06. The second kappa shape index (κ2) is 11.4. The molecule has 7 nitrogen and oxygen atoms in total. The van der Waals surface area contributed by atoms with Crippen molar-refractivity contribution in [3.63, 3.8) is 0 Å². The topological polar surface area (TPSA) is 94.6 Å². The molecule has 2 rings (SSSR count). The van der Waals surface area contributed by atoms with Crippen LogP contribution in [0.1, 0.15) is 33.1 Å². The summed E-state index contributed by atoms with van der Waals surface area (Å²) >= 11 is 1.27. The lowest BCUT2D eigenvalue weighted by Gasteiger charge is -2.20. The van der Waals surface area contributed by atoms with E-state index in [1.54, 1.807) is 0 Å². The molecule has 0 unspecified atom stereocenters. The Balaban J connectivity index is 2.12. The van der Waals surface area contributed by atoms with Crippen LogP contribution in [-0.4, -0.2) is 49.5 Å². The summed E-state index contributed by atoms with van der Waals surface area (Å²) in [5.74, 6) is -1.79. The molecule has 1 heterocycles. The first-order chi connectivity index (χ1) is 13.9. The first kappa shape index (κ1) is 22.7. The molecule has 0 saturated carbocycles. The molecule has 0 bridgehead atoms. The van der Waals surface area contributed by atoms with Crippen LogP contribution < -0.4 is 5.32 Å². The maximum atomic E-state index is 13.0. The number of carbonyl (C=O) groups is 3. The van der Waals surface area contributed by atoms with Gasteiger partial charge in [-0.25, -0.2) is 4.98 Å². The predicted octanol–water partition coefficient (Wildman–Crippen LogP) is 2.58. The van der Waals surface area contributed by atoms with Gasteiger partial charge in [0.05, 0.1) is 36.9 Å². The molecular weight excluding hydrogens is 392 g/mol. The third-order valence-electron chi connectivity index (χ3n) is 4.45. The predicted molar refractivity (Wildman–Crippen MR) is 110 cm³/mol. The first-order valence-corrected chi connectivity index (χ1v) is 10.1. The molecule has 0 aliphatic heterocycles. The Hall–Kier alpha value is -2.58. The van der Waals surface area contributed by atoms with Crippen LogP contribution in [0.15, 0.2) is 36.5 Å². The highest BCUT2D eigenvalue weighted by molar-refractivity contribution is 7.13. The number of hydrogen-bond acceptors (Lipinski definition) is 7. The number of nitrogens with one attached hydrogen (secondary N) is 1. The Morgan fingerprint density at radius 2 is 1.90 bits per heavy atom. The van der Waals surface area contributed by atoms with E-state index < -0.39 is 17.9 Å². The molecular formula is C21H26N2O5S. The largest absolute Gasteiger partial charge is 0.469 e. The minimum atomic E-state index is -0.728. The summed E-state index contributed by atoms with van der Waals surface area (Å²) < 4.78 is 9.81. The molecule has 156 valence electrons.